The van der Waals surface area contributed by atoms with Gasteiger partial charge in [-0.05, 0) is 56.0 Å². The number of rotatable bonds is 5. The summed E-state index contributed by atoms with van der Waals surface area (Å²) in [5, 5.41) is 2.72. The number of thioether (sulfide) groups is 2. The molecule has 1 N–H and O–H groups in total. The molecule has 1 amide bonds. The Morgan fingerprint density at radius 3 is 2.46 bits per heavy atom. The molecule has 2 heterocycles. The second-order valence-corrected chi connectivity index (χ2v) is 9.77. The molecular formula is C20H27F3N2OS2. The van der Waals surface area contributed by atoms with Crippen LogP contribution in [0.2, 0.25) is 0 Å². The van der Waals surface area contributed by atoms with Crippen LogP contribution in [0.5, 0.6) is 0 Å². The average Bonchev–Trinajstić information content (AvgIpc) is 2.96. The van der Waals surface area contributed by atoms with Crippen molar-refractivity contribution in [2.24, 2.45) is 5.92 Å². The second-order valence-electron chi connectivity index (χ2n) is 7.47. The highest BCUT2D eigenvalue weighted by atomic mass is 32.2. The molecule has 0 bridgehead atoms. The van der Waals surface area contributed by atoms with Crippen molar-refractivity contribution in [1.82, 2.24) is 4.90 Å². The molecule has 2 saturated heterocycles. The second kappa shape index (κ2) is 10.3. The molecule has 3 nitrogen and oxygen atoms in total. The number of alkyl halides is 3. The highest BCUT2D eigenvalue weighted by Crippen LogP contribution is 2.30. The van der Waals surface area contributed by atoms with E-state index >= 15 is 0 Å². The molecule has 2 aliphatic heterocycles. The molecule has 1 aromatic carbocycles. The predicted molar refractivity (Wildman–Crippen MR) is 112 cm³/mol. The van der Waals surface area contributed by atoms with Crippen molar-refractivity contribution in [3.8, 4) is 0 Å². The minimum Gasteiger partial charge on any atom is -0.326 e. The van der Waals surface area contributed by atoms with E-state index in [0.29, 0.717) is 24.1 Å². The number of hydrogen-bond acceptors (Lipinski definition) is 4. The van der Waals surface area contributed by atoms with Crippen LogP contribution in [0.15, 0.2) is 24.3 Å². The topological polar surface area (TPSA) is 32.3 Å². The van der Waals surface area contributed by atoms with Crippen molar-refractivity contribution in [1.29, 1.82) is 0 Å². The Kier molecular flexibility index (Phi) is 8.00. The van der Waals surface area contributed by atoms with Gasteiger partial charge in [-0.2, -0.15) is 36.7 Å². The quantitative estimate of drug-likeness (QED) is 0.711. The molecule has 28 heavy (non-hydrogen) atoms. The van der Waals surface area contributed by atoms with Gasteiger partial charge in [0, 0.05) is 47.7 Å². The van der Waals surface area contributed by atoms with E-state index in [1.165, 1.54) is 41.6 Å². The van der Waals surface area contributed by atoms with Crippen LogP contribution >= 0.6 is 23.5 Å². The molecule has 1 aromatic rings. The van der Waals surface area contributed by atoms with Crippen LogP contribution in [0, 0.1) is 5.92 Å². The van der Waals surface area contributed by atoms with Crippen LogP contribution in [0.25, 0.3) is 0 Å². The summed E-state index contributed by atoms with van der Waals surface area (Å²) >= 11 is 4.09. The number of nitrogens with zero attached hydrogens (tertiary/aromatic N) is 1. The highest BCUT2D eigenvalue weighted by Gasteiger charge is 2.30. The molecule has 0 aliphatic carbocycles. The number of benzene rings is 1. The van der Waals surface area contributed by atoms with Gasteiger partial charge in [0.2, 0.25) is 5.91 Å². The van der Waals surface area contributed by atoms with Gasteiger partial charge in [0.1, 0.15) is 0 Å². The SMILES string of the molecule is O=C(CCC1CCCN(C2CSCCSC2)C1)Nc1ccc(C(F)(F)F)cc1. The van der Waals surface area contributed by atoms with Gasteiger partial charge in [-0.1, -0.05) is 0 Å². The summed E-state index contributed by atoms with van der Waals surface area (Å²) in [7, 11) is 0. The Morgan fingerprint density at radius 1 is 1.14 bits per heavy atom. The maximum atomic E-state index is 12.6. The first-order valence-electron chi connectivity index (χ1n) is 9.78. The average molecular weight is 433 g/mol. The molecular weight excluding hydrogens is 405 g/mol. The summed E-state index contributed by atoms with van der Waals surface area (Å²) in [5.41, 5.74) is -0.293. The van der Waals surface area contributed by atoms with E-state index in [2.05, 4.69) is 10.2 Å². The van der Waals surface area contributed by atoms with Gasteiger partial charge in [0.15, 0.2) is 0 Å². The molecule has 1 atom stereocenters. The lowest BCUT2D eigenvalue weighted by Gasteiger charge is -2.37. The Balaban J connectivity index is 1.43. The first-order chi connectivity index (χ1) is 13.4. The molecule has 0 spiro atoms. The first kappa shape index (κ1) is 21.8. The van der Waals surface area contributed by atoms with E-state index in [1.807, 2.05) is 23.5 Å². The number of likely N-dealkylation sites (tertiary alicyclic amines) is 1. The van der Waals surface area contributed by atoms with Crippen molar-refractivity contribution in [3.63, 3.8) is 0 Å². The van der Waals surface area contributed by atoms with Crippen LogP contribution < -0.4 is 5.32 Å². The number of nitrogens with one attached hydrogen (secondary N) is 1. The largest absolute Gasteiger partial charge is 0.416 e. The van der Waals surface area contributed by atoms with Crippen LogP contribution in [0.3, 0.4) is 0 Å². The van der Waals surface area contributed by atoms with Crippen LogP contribution in [-0.2, 0) is 11.0 Å². The number of carbonyl (C=O) groups is 1. The summed E-state index contributed by atoms with van der Waals surface area (Å²) < 4.78 is 37.8. The summed E-state index contributed by atoms with van der Waals surface area (Å²) in [4.78, 5) is 14.8. The minimum atomic E-state index is -4.36. The normalized spacial score (nSPS) is 22.6. The summed E-state index contributed by atoms with van der Waals surface area (Å²) in [5.74, 6) is 5.27. The molecule has 0 aromatic heterocycles. The zero-order valence-electron chi connectivity index (χ0n) is 15.8. The number of anilines is 1. The molecule has 2 fully saturated rings. The number of halogens is 3. The van der Waals surface area contributed by atoms with Crippen molar-refractivity contribution in [3.05, 3.63) is 29.8 Å². The number of carbonyl (C=O) groups excluding carboxylic acids is 1. The fourth-order valence-corrected chi connectivity index (χ4v) is 6.41. The third-order valence-electron chi connectivity index (χ3n) is 5.33. The standard InChI is InChI=1S/C20H27F3N2OS2/c21-20(22,23)16-4-6-17(7-5-16)24-19(26)8-3-15-2-1-9-25(12-15)18-13-27-10-11-28-14-18/h4-7,15,18H,1-3,8-14H2,(H,24,26). The number of amides is 1. The summed E-state index contributed by atoms with van der Waals surface area (Å²) in [6.45, 7) is 2.21. The molecule has 2 aliphatic rings. The van der Waals surface area contributed by atoms with Gasteiger partial charge < -0.3 is 5.32 Å². The smallest absolute Gasteiger partial charge is 0.326 e. The fourth-order valence-electron chi connectivity index (χ4n) is 3.78. The van der Waals surface area contributed by atoms with Gasteiger partial charge in [0.05, 0.1) is 5.56 Å². The summed E-state index contributed by atoms with van der Waals surface area (Å²) in [6.07, 6.45) is -0.790. The van der Waals surface area contributed by atoms with Crippen LogP contribution in [-0.4, -0.2) is 52.9 Å². The molecule has 0 saturated carbocycles. The molecule has 156 valence electrons. The molecule has 1 unspecified atom stereocenters. The number of hydrogen-bond donors (Lipinski definition) is 1. The molecule has 3 rings (SSSR count). The van der Waals surface area contributed by atoms with Crippen molar-refractivity contribution >= 4 is 35.1 Å². The zero-order valence-corrected chi connectivity index (χ0v) is 17.5. The van der Waals surface area contributed by atoms with Gasteiger partial charge in [0.25, 0.3) is 0 Å². The van der Waals surface area contributed by atoms with E-state index < -0.39 is 11.7 Å². The monoisotopic (exact) mass is 432 g/mol. The Bertz CT molecular complexity index is 631. The number of piperidine rings is 1. The van der Waals surface area contributed by atoms with Gasteiger partial charge in [-0.3, -0.25) is 9.69 Å². The van der Waals surface area contributed by atoms with E-state index in [-0.39, 0.29) is 5.91 Å². The molecule has 0 radical (unpaired) electrons. The van der Waals surface area contributed by atoms with Crippen LogP contribution in [0.1, 0.15) is 31.2 Å². The predicted octanol–water partition coefficient (Wildman–Crippen LogP) is 4.98. The van der Waals surface area contributed by atoms with E-state index in [1.54, 1.807) is 0 Å². The third-order valence-corrected chi connectivity index (χ3v) is 7.82. The first-order valence-corrected chi connectivity index (χ1v) is 12.1. The van der Waals surface area contributed by atoms with Gasteiger partial charge in [-0.25, -0.2) is 0 Å². The Hall–Kier alpha value is -0.860. The van der Waals surface area contributed by atoms with Crippen molar-refractivity contribution in [2.75, 3.05) is 41.4 Å². The lowest BCUT2D eigenvalue weighted by molar-refractivity contribution is -0.137. The summed E-state index contributed by atoms with van der Waals surface area (Å²) in [6, 6.07) is 5.25. The zero-order chi connectivity index (χ0) is 20.0. The third kappa shape index (κ3) is 6.59. The highest BCUT2D eigenvalue weighted by molar-refractivity contribution is 8.03. The Morgan fingerprint density at radius 2 is 1.82 bits per heavy atom. The lowest BCUT2D eigenvalue weighted by Crippen LogP contribution is -2.45. The minimum absolute atomic E-state index is 0.127. The van der Waals surface area contributed by atoms with E-state index in [0.717, 1.165) is 38.1 Å². The van der Waals surface area contributed by atoms with E-state index in [4.69, 9.17) is 0 Å². The Labute approximate surface area is 173 Å². The maximum absolute atomic E-state index is 12.6. The van der Waals surface area contributed by atoms with Gasteiger partial charge in [-0.15, -0.1) is 0 Å². The van der Waals surface area contributed by atoms with Gasteiger partial charge >= 0.3 is 6.18 Å². The molecule has 8 heteroatoms. The van der Waals surface area contributed by atoms with Crippen molar-refractivity contribution in [2.45, 2.75) is 37.9 Å². The van der Waals surface area contributed by atoms with Crippen LogP contribution in [0.4, 0.5) is 18.9 Å². The van der Waals surface area contributed by atoms with Crippen molar-refractivity contribution < 1.29 is 18.0 Å². The fraction of sp³-hybridized carbons (Fsp3) is 0.650. The van der Waals surface area contributed by atoms with E-state index in [9.17, 15) is 18.0 Å². The lowest BCUT2D eigenvalue weighted by atomic mass is 9.92. The maximum Gasteiger partial charge on any atom is 0.416 e.